The van der Waals surface area contributed by atoms with E-state index < -0.39 is 5.60 Å². The summed E-state index contributed by atoms with van der Waals surface area (Å²) < 4.78 is 0. The van der Waals surface area contributed by atoms with Gasteiger partial charge in [0.2, 0.25) is 0 Å². The van der Waals surface area contributed by atoms with E-state index in [0.29, 0.717) is 0 Å². The van der Waals surface area contributed by atoms with Gasteiger partial charge in [-0.15, -0.1) is 0 Å². The van der Waals surface area contributed by atoms with Gasteiger partial charge in [0.05, 0.1) is 5.60 Å². The summed E-state index contributed by atoms with van der Waals surface area (Å²) in [6, 6.07) is 21.6. The summed E-state index contributed by atoms with van der Waals surface area (Å²) in [6.07, 6.45) is 3.98. The first-order chi connectivity index (χ1) is 12.6. The molecule has 0 radical (unpaired) electrons. The average Bonchev–Trinajstić information content (AvgIpc) is 2.68. The Bertz CT molecular complexity index is 671. The Balaban J connectivity index is 2.06. The molecule has 0 bridgehead atoms. The predicted octanol–water partition coefficient (Wildman–Crippen LogP) is 5.66. The standard InChI is InChI=1S/C24H33NO/c1-4-12-21-23(20-15-10-7-11-16-20)25-22(19-13-8-6-9-14-19)18(3)24(21,26)17-5-2/h6-11,13-16,18,21-23,25-26H,4-5,12,17H2,1-3H3/t18-,21-,22+,23+,24+/m1/s1. The van der Waals surface area contributed by atoms with Gasteiger partial charge >= 0.3 is 0 Å². The van der Waals surface area contributed by atoms with Crippen LogP contribution in [0.15, 0.2) is 60.7 Å². The molecule has 3 rings (SSSR count). The predicted molar refractivity (Wildman–Crippen MR) is 109 cm³/mol. The highest BCUT2D eigenvalue weighted by molar-refractivity contribution is 5.28. The highest BCUT2D eigenvalue weighted by Crippen LogP contribution is 2.50. The van der Waals surface area contributed by atoms with Crippen molar-refractivity contribution in [2.45, 2.75) is 64.1 Å². The van der Waals surface area contributed by atoms with Gasteiger partial charge in [0.1, 0.15) is 0 Å². The maximum absolute atomic E-state index is 12.0. The van der Waals surface area contributed by atoms with Crippen LogP contribution in [-0.4, -0.2) is 10.7 Å². The van der Waals surface area contributed by atoms with Gasteiger partial charge in [0, 0.05) is 23.9 Å². The quantitative estimate of drug-likeness (QED) is 0.704. The molecule has 0 aromatic heterocycles. The molecule has 5 atom stereocenters. The smallest absolute Gasteiger partial charge is 0.0737 e. The molecule has 2 heteroatoms. The molecule has 2 N–H and O–H groups in total. The number of benzene rings is 2. The second-order valence-electron chi connectivity index (χ2n) is 7.87. The monoisotopic (exact) mass is 351 g/mol. The van der Waals surface area contributed by atoms with Gasteiger partial charge in [0.15, 0.2) is 0 Å². The molecule has 0 unspecified atom stereocenters. The van der Waals surface area contributed by atoms with Crippen molar-refractivity contribution in [2.24, 2.45) is 11.8 Å². The second-order valence-corrected chi connectivity index (χ2v) is 7.87. The molecule has 140 valence electrons. The van der Waals surface area contributed by atoms with Crippen molar-refractivity contribution in [3.63, 3.8) is 0 Å². The second kappa shape index (κ2) is 8.37. The van der Waals surface area contributed by atoms with Gasteiger partial charge in [-0.25, -0.2) is 0 Å². The largest absolute Gasteiger partial charge is 0.389 e. The molecule has 0 amide bonds. The van der Waals surface area contributed by atoms with E-state index in [2.05, 4.69) is 86.8 Å². The van der Waals surface area contributed by atoms with Crippen molar-refractivity contribution in [3.8, 4) is 0 Å². The summed E-state index contributed by atoms with van der Waals surface area (Å²) >= 11 is 0. The Labute approximate surface area is 158 Å². The van der Waals surface area contributed by atoms with Gasteiger partial charge < -0.3 is 10.4 Å². The van der Waals surface area contributed by atoms with Gasteiger partial charge in [0.25, 0.3) is 0 Å². The van der Waals surface area contributed by atoms with Gasteiger partial charge in [-0.05, 0) is 24.0 Å². The molecule has 26 heavy (non-hydrogen) atoms. The lowest BCUT2D eigenvalue weighted by atomic mass is 9.62. The van der Waals surface area contributed by atoms with E-state index in [4.69, 9.17) is 0 Å². The van der Waals surface area contributed by atoms with Gasteiger partial charge in [-0.1, -0.05) is 94.3 Å². The summed E-state index contributed by atoms with van der Waals surface area (Å²) in [4.78, 5) is 0. The number of piperidine rings is 1. The zero-order valence-corrected chi connectivity index (χ0v) is 16.4. The van der Waals surface area contributed by atoms with Crippen LogP contribution >= 0.6 is 0 Å². The summed E-state index contributed by atoms with van der Waals surface area (Å²) in [5.41, 5.74) is 1.90. The number of hydrogen-bond acceptors (Lipinski definition) is 2. The number of aliphatic hydroxyl groups is 1. The highest BCUT2D eigenvalue weighted by Gasteiger charge is 2.51. The van der Waals surface area contributed by atoms with Crippen molar-refractivity contribution in [2.75, 3.05) is 0 Å². The SMILES string of the molecule is CCC[C@@H]1[C@H](c2ccccc2)N[C@H](c2ccccc2)[C@@H](C)[C@@]1(O)CCC. The maximum atomic E-state index is 12.0. The van der Waals surface area contributed by atoms with Crippen LogP contribution in [0.25, 0.3) is 0 Å². The van der Waals surface area contributed by atoms with Crippen LogP contribution in [0.2, 0.25) is 0 Å². The number of hydrogen-bond donors (Lipinski definition) is 2. The molecule has 2 aromatic carbocycles. The van der Waals surface area contributed by atoms with Gasteiger partial charge in [-0.3, -0.25) is 0 Å². The summed E-state index contributed by atoms with van der Waals surface area (Å²) in [5, 5.41) is 15.9. The first-order valence-corrected chi connectivity index (χ1v) is 10.2. The Morgan fingerprint density at radius 1 is 0.846 bits per heavy atom. The Hall–Kier alpha value is -1.64. The maximum Gasteiger partial charge on any atom is 0.0737 e. The minimum atomic E-state index is -0.656. The van der Waals surface area contributed by atoms with E-state index in [-0.39, 0.29) is 23.9 Å². The Morgan fingerprint density at radius 2 is 1.38 bits per heavy atom. The van der Waals surface area contributed by atoms with E-state index >= 15 is 0 Å². The zero-order chi connectivity index (χ0) is 18.6. The number of nitrogens with one attached hydrogen (secondary N) is 1. The van der Waals surface area contributed by atoms with Gasteiger partial charge in [-0.2, -0.15) is 0 Å². The molecule has 2 aromatic rings. The molecule has 1 heterocycles. The third kappa shape index (κ3) is 3.58. The van der Waals surface area contributed by atoms with Crippen LogP contribution in [0, 0.1) is 11.8 Å². The fourth-order valence-electron chi connectivity index (χ4n) is 4.94. The van der Waals surface area contributed by atoms with Crippen molar-refractivity contribution >= 4 is 0 Å². The minimum absolute atomic E-state index is 0.158. The van der Waals surface area contributed by atoms with Crippen molar-refractivity contribution in [1.82, 2.24) is 5.32 Å². The van der Waals surface area contributed by atoms with Crippen LogP contribution in [0.5, 0.6) is 0 Å². The zero-order valence-electron chi connectivity index (χ0n) is 16.4. The lowest BCUT2D eigenvalue weighted by Crippen LogP contribution is -2.58. The fourth-order valence-corrected chi connectivity index (χ4v) is 4.94. The lowest BCUT2D eigenvalue weighted by Gasteiger charge is -2.53. The van der Waals surface area contributed by atoms with E-state index in [1.165, 1.54) is 11.1 Å². The van der Waals surface area contributed by atoms with E-state index in [1.54, 1.807) is 0 Å². The van der Waals surface area contributed by atoms with Crippen molar-refractivity contribution in [1.29, 1.82) is 0 Å². The minimum Gasteiger partial charge on any atom is -0.389 e. The molecule has 2 nitrogen and oxygen atoms in total. The van der Waals surface area contributed by atoms with Crippen LogP contribution < -0.4 is 5.32 Å². The van der Waals surface area contributed by atoms with Crippen LogP contribution in [0.1, 0.15) is 69.7 Å². The number of rotatable bonds is 6. The summed E-state index contributed by atoms with van der Waals surface area (Å²) in [6.45, 7) is 6.64. The summed E-state index contributed by atoms with van der Waals surface area (Å²) in [5.74, 6) is 0.395. The molecular formula is C24H33NO. The first kappa shape index (κ1) is 19.1. The fraction of sp³-hybridized carbons (Fsp3) is 0.500. The third-order valence-electron chi connectivity index (χ3n) is 6.26. The van der Waals surface area contributed by atoms with Crippen molar-refractivity contribution in [3.05, 3.63) is 71.8 Å². The topological polar surface area (TPSA) is 32.3 Å². The average molecular weight is 352 g/mol. The van der Waals surface area contributed by atoms with E-state index in [0.717, 1.165) is 25.7 Å². The van der Waals surface area contributed by atoms with E-state index in [9.17, 15) is 5.11 Å². The normalized spacial score (nSPS) is 31.7. The summed E-state index contributed by atoms with van der Waals surface area (Å²) in [7, 11) is 0. The molecular weight excluding hydrogens is 318 g/mol. The lowest BCUT2D eigenvalue weighted by molar-refractivity contribution is -0.125. The van der Waals surface area contributed by atoms with E-state index in [1.807, 2.05) is 0 Å². The molecule has 0 saturated carbocycles. The molecule has 1 aliphatic rings. The van der Waals surface area contributed by atoms with Crippen LogP contribution in [-0.2, 0) is 0 Å². The van der Waals surface area contributed by atoms with Crippen LogP contribution in [0.3, 0.4) is 0 Å². The van der Waals surface area contributed by atoms with Crippen LogP contribution in [0.4, 0.5) is 0 Å². The Morgan fingerprint density at radius 3 is 1.88 bits per heavy atom. The molecule has 1 saturated heterocycles. The molecule has 1 fully saturated rings. The molecule has 0 spiro atoms. The third-order valence-corrected chi connectivity index (χ3v) is 6.26. The molecule has 1 aliphatic heterocycles. The Kier molecular flexibility index (Phi) is 6.16. The van der Waals surface area contributed by atoms with Crippen molar-refractivity contribution < 1.29 is 5.11 Å². The highest BCUT2D eigenvalue weighted by atomic mass is 16.3. The first-order valence-electron chi connectivity index (χ1n) is 10.2. The molecule has 0 aliphatic carbocycles.